The Labute approximate surface area is 162 Å². The van der Waals surface area contributed by atoms with Crippen LogP contribution in [0.2, 0.25) is 0 Å². The lowest BCUT2D eigenvalue weighted by atomic mass is 10.0. The molecule has 1 fully saturated rings. The van der Waals surface area contributed by atoms with Crippen molar-refractivity contribution in [3.63, 3.8) is 0 Å². The van der Waals surface area contributed by atoms with Gasteiger partial charge in [0, 0.05) is 33.3 Å². The number of hydrogen-bond acceptors (Lipinski definition) is 2. The van der Waals surface area contributed by atoms with E-state index < -0.39 is 0 Å². The summed E-state index contributed by atoms with van der Waals surface area (Å²) in [7, 11) is 0. The van der Waals surface area contributed by atoms with Gasteiger partial charge in [0.2, 0.25) is 5.91 Å². The molecule has 0 bridgehead atoms. The van der Waals surface area contributed by atoms with Crippen LogP contribution >= 0.6 is 11.3 Å². The van der Waals surface area contributed by atoms with Crippen molar-refractivity contribution in [2.75, 3.05) is 0 Å². The minimum atomic E-state index is -0.378. The number of hydrogen-bond donors (Lipinski definition) is 1. The van der Waals surface area contributed by atoms with Gasteiger partial charge in [-0.05, 0) is 66.1 Å². The molecule has 1 aliphatic carbocycles. The summed E-state index contributed by atoms with van der Waals surface area (Å²) in [5, 5.41) is 4.03. The molecule has 27 heavy (non-hydrogen) atoms. The molecule has 0 unspecified atom stereocenters. The Morgan fingerprint density at radius 3 is 2.78 bits per heavy atom. The molecule has 1 saturated carbocycles. The van der Waals surface area contributed by atoms with Gasteiger partial charge in [-0.3, -0.25) is 4.79 Å². The van der Waals surface area contributed by atoms with E-state index in [0.717, 1.165) is 28.4 Å². The zero-order valence-corrected chi connectivity index (χ0v) is 15.9. The molecule has 2 N–H and O–H groups in total. The normalized spacial score (nSPS) is 15.1. The summed E-state index contributed by atoms with van der Waals surface area (Å²) < 4.78 is 2.39. The molecule has 1 aliphatic rings. The van der Waals surface area contributed by atoms with E-state index in [1.165, 1.54) is 36.1 Å². The number of nitrogens with two attached hydrogens (primary N) is 1. The lowest BCUT2D eigenvalue weighted by Gasteiger charge is -2.13. The summed E-state index contributed by atoms with van der Waals surface area (Å²) in [5.41, 5.74) is 9.69. The lowest BCUT2D eigenvalue weighted by molar-refractivity contribution is 0.100. The number of nitrogens with zero attached hydrogens (tertiary/aromatic N) is 1. The molecule has 2 heterocycles. The number of rotatable bonds is 4. The van der Waals surface area contributed by atoms with Crippen molar-refractivity contribution in [2.45, 2.75) is 32.2 Å². The highest BCUT2D eigenvalue weighted by Gasteiger charge is 2.21. The Balaban J connectivity index is 1.79. The van der Waals surface area contributed by atoms with E-state index in [9.17, 15) is 4.79 Å². The van der Waals surface area contributed by atoms with Gasteiger partial charge >= 0.3 is 0 Å². The van der Waals surface area contributed by atoms with Crippen molar-refractivity contribution >= 4 is 39.0 Å². The highest BCUT2D eigenvalue weighted by Crippen LogP contribution is 2.37. The summed E-state index contributed by atoms with van der Waals surface area (Å²) in [6, 6.07) is 17.8. The quantitative estimate of drug-likeness (QED) is 0.496. The number of carbonyl (C=O) groups excluding carboxylic acids is 1. The Bertz CT molecular complexity index is 1130. The van der Waals surface area contributed by atoms with Crippen LogP contribution in [0.4, 0.5) is 0 Å². The maximum absolute atomic E-state index is 12.1. The van der Waals surface area contributed by atoms with Crippen LogP contribution in [0.15, 0.2) is 47.8 Å². The Hall–Kier alpha value is -2.59. The summed E-state index contributed by atoms with van der Waals surface area (Å²) in [5.74, 6) is 0.322. The van der Waals surface area contributed by atoms with Crippen LogP contribution in [-0.4, -0.2) is 10.5 Å². The molecule has 0 spiro atoms. The number of aromatic nitrogens is 1. The van der Waals surface area contributed by atoms with E-state index in [1.807, 2.05) is 18.2 Å². The Morgan fingerprint density at radius 2 is 2.04 bits per heavy atom. The molecule has 3 nitrogen and oxygen atoms in total. The minimum absolute atomic E-state index is 0.378. The van der Waals surface area contributed by atoms with Gasteiger partial charge in [0.15, 0.2) is 0 Å². The first-order valence-corrected chi connectivity index (χ1v) is 10.4. The fourth-order valence-corrected chi connectivity index (χ4v) is 5.21. The van der Waals surface area contributed by atoms with Gasteiger partial charge in [0.25, 0.3) is 0 Å². The molecule has 5 rings (SSSR count). The fraction of sp³-hybridized carbons (Fsp3) is 0.261. The number of fused-ring (bicyclic) bond motifs is 3. The smallest absolute Gasteiger partial charge is 0.249 e. The van der Waals surface area contributed by atoms with Crippen LogP contribution < -0.4 is 5.73 Å². The monoisotopic (exact) mass is 373 g/mol. The molecule has 4 aromatic rings. The van der Waals surface area contributed by atoms with Gasteiger partial charge in [-0.2, -0.15) is 0 Å². The van der Waals surface area contributed by atoms with E-state index in [-0.39, 0.29) is 5.91 Å². The molecule has 1 radical (unpaired) electrons. The largest absolute Gasteiger partial charge is 0.366 e. The van der Waals surface area contributed by atoms with Crippen molar-refractivity contribution < 1.29 is 4.79 Å². The summed E-state index contributed by atoms with van der Waals surface area (Å²) in [6.45, 7) is 0.990. The van der Waals surface area contributed by atoms with E-state index >= 15 is 0 Å². The Kier molecular flexibility index (Phi) is 4.01. The first-order valence-electron chi connectivity index (χ1n) is 9.52. The van der Waals surface area contributed by atoms with Crippen molar-refractivity contribution in [1.82, 2.24) is 4.57 Å². The fourth-order valence-electron chi connectivity index (χ4n) is 4.49. The highest BCUT2D eigenvalue weighted by atomic mass is 32.1. The maximum atomic E-state index is 12.1. The SMILES string of the molecule is NC(=O)c1cccc2c1c1[c]cc(-c3cccs3)cc1n2CC1CCCC1. The first kappa shape index (κ1) is 16.6. The first-order chi connectivity index (χ1) is 13.2. The van der Waals surface area contributed by atoms with Crippen LogP contribution in [0.1, 0.15) is 36.0 Å². The second kappa shape index (κ2) is 6.54. The molecular weight excluding hydrogens is 352 g/mol. The molecule has 135 valence electrons. The van der Waals surface area contributed by atoms with Crippen molar-refractivity contribution in [3.8, 4) is 10.4 Å². The van der Waals surface area contributed by atoms with Gasteiger partial charge in [0.1, 0.15) is 0 Å². The number of primary amides is 1. The van der Waals surface area contributed by atoms with Crippen LogP contribution in [0.3, 0.4) is 0 Å². The Morgan fingerprint density at radius 1 is 1.19 bits per heavy atom. The van der Waals surface area contributed by atoms with E-state index in [2.05, 4.69) is 40.3 Å². The molecular formula is C23H21N2OS. The van der Waals surface area contributed by atoms with Crippen LogP contribution in [0, 0.1) is 12.0 Å². The van der Waals surface area contributed by atoms with Crippen molar-refractivity contribution in [3.05, 3.63) is 59.5 Å². The van der Waals surface area contributed by atoms with Crippen molar-refractivity contribution in [1.29, 1.82) is 0 Å². The van der Waals surface area contributed by atoms with Gasteiger partial charge in [0.05, 0.1) is 5.52 Å². The zero-order chi connectivity index (χ0) is 18.4. The number of carbonyl (C=O) groups is 1. The average Bonchev–Trinajstić information content (AvgIpc) is 3.43. The van der Waals surface area contributed by atoms with Crippen LogP contribution in [0.25, 0.3) is 32.2 Å². The summed E-state index contributed by atoms with van der Waals surface area (Å²) in [6.07, 6.45) is 5.21. The van der Waals surface area contributed by atoms with Gasteiger partial charge in [-0.25, -0.2) is 0 Å². The molecule has 4 heteroatoms. The number of thiophene rings is 1. The third-order valence-corrected chi connectivity index (χ3v) is 6.70. The standard InChI is InChI=1S/C23H21N2OS/c24-23(26)18-7-3-8-19-22(18)17-11-10-16(21-9-4-12-27-21)13-20(17)25(19)14-15-5-1-2-6-15/h3-4,7-10,12-13,15H,1-2,5-6,14H2,(H2,24,26). The lowest BCUT2D eigenvalue weighted by Crippen LogP contribution is -2.11. The predicted molar refractivity (Wildman–Crippen MR) is 112 cm³/mol. The molecule has 2 aromatic heterocycles. The predicted octanol–water partition coefficient (Wildman–Crippen LogP) is 5.61. The second-order valence-electron chi connectivity index (χ2n) is 7.45. The topological polar surface area (TPSA) is 48.0 Å². The highest BCUT2D eigenvalue weighted by molar-refractivity contribution is 7.13. The molecule has 0 saturated heterocycles. The third-order valence-electron chi connectivity index (χ3n) is 5.78. The van der Waals surface area contributed by atoms with E-state index in [4.69, 9.17) is 5.73 Å². The van der Waals surface area contributed by atoms with Crippen LogP contribution in [-0.2, 0) is 6.54 Å². The molecule has 0 atom stereocenters. The van der Waals surface area contributed by atoms with Crippen LogP contribution in [0.5, 0.6) is 0 Å². The van der Waals surface area contributed by atoms with Gasteiger partial charge in [-0.15, -0.1) is 11.3 Å². The zero-order valence-electron chi connectivity index (χ0n) is 15.1. The van der Waals surface area contributed by atoms with E-state index in [0.29, 0.717) is 11.5 Å². The maximum Gasteiger partial charge on any atom is 0.249 e. The molecule has 2 aromatic carbocycles. The second-order valence-corrected chi connectivity index (χ2v) is 8.40. The summed E-state index contributed by atoms with van der Waals surface area (Å²) in [4.78, 5) is 13.3. The van der Waals surface area contributed by atoms with E-state index in [1.54, 1.807) is 11.3 Å². The number of amides is 1. The summed E-state index contributed by atoms with van der Waals surface area (Å²) >= 11 is 1.73. The average molecular weight is 374 g/mol. The molecule has 1 amide bonds. The number of benzene rings is 2. The molecule has 0 aliphatic heterocycles. The minimum Gasteiger partial charge on any atom is -0.366 e. The third kappa shape index (κ3) is 2.76. The van der Waals surface area contributed by atoms with Gasteiger partial charge < -0.3 is 10.3 Å². The van der Waals surface area contributed by atoms with Crippen molar-refractivity contribution in [2.24, 2.45) is 11.7 Å². The van der Waals surface area contributed by atoms with Gasteiger partial charge in [-0.1, -0.05) is 25.0 Å².